The molecule has 0 aliphatic carbocycles. The van der Waals surface area contributed by atoms with Gasteiger partial charge in [0, 0.05) is 29.2 Å². The van der Waals surface area contributed by atoms with Crippen LogP contribution in [-0.4, -0.2) is 37.5 Å². The monoisotopic (exact) mass is 358 g/mol. The van der Waals surface area contributed by atoms with Crippen molar-refractivity contribution in [2.24, 2.45) is 0 Å². The number of nitrogens with zero attached hydrogens (tertiary/aromatic N) is 1. The molecule has 1 heterocycles. The summed E-state index contributed by atoms with van der Waals surface area (Å²) in [7, 11) is -3.56. The lowest BCUT2D eigenvalue weighted by molar-refractivity contribution is 0.0790. The summed E-state index contributed by atoms with van der Waals surface area (Å²) in [5.74, 6) is 0. The maximum atomic E-state index is 12.6. The number of rotatable bonds is 5. The second-order valence-corrected chi connectivity index (χ2v) is 9.36. The Morgan fingerprint density at radius 3 is 2.22 bits per heavy atom. The van der Waals surface area contributed by atoms with E-state index in [-0.39, 0.29) is 4.90 Å². The van der Waals surface area contributed by atoms with E-state index in [1.165, 1.54) is 31.4 Å². The third-order valence-electron chi connectivity index (χ3n) is 4.49. The predicted molar refractivity (Wildman–Crippen MR) is 95.3 cm³/mol. The fraction of sp³-hybridized carbons (Fsp3) is 0.647. The van der Waals surface area contributed by atoms with Gasteiger partial charge in [-0.05, 0) is 64.8 Å². The summed E-state index contributed by atoms with van der Waals surface area (Å²) in [4.78, 5) is 2.66. The van der Waals surface area contributed by atoms with Crippen LogP contribution in [0.5, 0.6) is 0 Å². The van der Waals surface area contributed by atoms with Crippen LogP contribution in [-0.2, 0) is 10.0 Å². The Balaban J connectivity index is 2.11. The van der Waals surface area contributed by atoms with E-state index in [4.69, 9.17) is 11.6 Å². The minimum absolute atomic E-state index is 0.245. The van der Waals surface area contributed by atoms with Crippen molar-refractivity contribution in [2.45, 2.75) is 69.5 Å². The van der Waals surface area contributed by atoms with Crippen LogP contribution in [0.2, 0.25) is 5.02 Å². The molecule has 2 atom stereocenters. The maximum absolute atomic E-state index is 12.6. The van der Waals surface area contributed by atoms with Crippen molar-refractivity contribution in [1.82, 2.24) is 9.62 Å². The molecule has 2 rings (SSSR count). The summed E-state index contributed by atoms with van der Waals surface area (Å²) in [6.07, 6.45) is 3.59. The highest BCUT2D eigenvalue weighted by molar-refractivity contribution is 7.89. The molecular weight excluding hydrogens is 332 g/mol. The van der Waals surface area contributed by atoms with E-state index in [1.807, 2.05) is 13.8 Å². The van der Waals surface area contributed by atoms with Crippen LogP contribution in [0.4, 0.5) is 0 Å². The van der Waals surface area contributed by atoms with Crippen molar-refractivity contribution in [3.8, 4) is 0 Å². The number of hydrogen-bond donors (Lipinski definition) is 1. The van der Waals surface area contributed by atoms with Gasteiger partial charge in [-0.15, -0.1) is 0 Å². The van der Waals surface area contributed by atoms with Crippen molar-refractivity contribution < 1.29 is 8.42 Å². The number of likely N-dealkylation sites (tertiary alicyclic amines) is 1. The summed E-state index contributed by atoms with van der Waals surface area (Å²) in [6, 6.07) is 7.23. The first-order chi connectivity index (χ1) is 10.6. The molecule has 1 fully saturated rings. The number of nitrogens with one attached hydrogen (secondary N) is 1. The predicted octanol–water partition coefficient (Wildman–Crippen LogP) is 3.66. The Bertz CT molecular complexity index is 618. The highest BCUT2D eigenvalue weighted by atomic mass is 35.5. The SMILES string of the molecule is C[C@@H]1CCC[C@@H](C)N1CC(C)(C)NS(=O)(=O)c1ccc(Cl)cc1. The standard InChI is InChI=1S/C17H27ClN2O2S/c1-13-6-5-7-14(2)20(13)12-17(3,4)19-23(21,22)16-10-8-15(18)9-11-16/h8-11,13-14,19H,5-7,12H2,1-4H3/t13-,14-/m1/s1. The van der Waals surface area contributed by atoms with Gasteiger partial charge in [0.05, 0.1) is 4.90 Å². The first kappa shape index (κ1) is 18.7. The van der Waals surface area contributed by atoms with Crippen LogP contribution in [0.25, 0.3) is 0 Å². The van der Waals surface area contributed by atoms with E-state index < -0.39 is 15.6 Å². The zero-order valence-corrected chi connectivity index (χ0v) is 15.9. The summed E-state index contributed by atoms with van der Waals surface area (Å²) < 4.78 is 28.0. The topological polar surface area (TPSA) is 49.4 Å². The van der Waals surface area contributed by atoms with Crippen LogP contribution in [0.1, 0.15) is 47.0 Å². The lowest BCUT2D eigenvalue weighted by atomic mass is 9.94. The molecule has 0 radical (unpaired) electrons. The highest BCUT2D eigenvalue weighted by Crippen LogP contribution is 2.25. The molecule has 1 aromatic carbocycles. The number of benzene rings is 1. The molecule has 130 valence electrons. The second-order valence-electron chi connectivity index (χ2n) is 7.24. The van der Waals surface area contributed by atoms with Crippen LogP contribution < -0.4 is 4.72 Å². The maximum Gasteiger partial charge on any atom is 0.241 e. The van der Waals surface area contributed by atoms with Crippen LogP contribution in [0, 0.1) is 0 Å². The number of hydrogen-bond acceptors (Lipinski definition) is 3. The van der Waals surface area contributed by atoms with Gasteiger partial charge in [0.2, 0.25) is 10.0 Å². The van der Waals surface area contributed by atoms with Gasteiger partial charge in [0.25, 0.3) is 0 Å². The van der Waals surface area contributed by atoms with Crippen LogP contribution >= 0.6 is 11.6 Å². The number of halogens is 1. The third-order valence-corrected chi connectivity index (χ3v) is 6.45. The minimum Gasteiger partial charge on any atom is -0.296 e. The Morgan fingerprint density at radius 2 is 1.70 bits per heavy atom. The van der Waals surface area contributed by atoms with E-state index in [0.717, 1.165) is 0 Å². The molecule has 0 unspecified atom stereocenters. The van der Waals surface area contributed by atoms with Crippen molar-refractivity contribution in [3.63, 3.8) is 0 Å². The Labute approximate surface area is 145 Å². The number of sulfonamides is 1. The molecule has 1 N–H and O–H groups in total. The molecule has 0 saturated carbocycles. The molecule has 4 nitrogen and oxygen atoms in total. The van der Waals surface area contributed by atoms with Crippen molar-refractivity contribution in [2.75, 3.05) is 6.54 Å². The molecule has 23 heavy (non-hydrogen) atoms. The quantitative estimate of drug-likeness (QED) is 0.873. The van der Waals surface area contributed by atoms with E-state index in [2.05, 4.69) is 23.5 Å². The molecule has 0 aromatic heterocycles. The van der Waals surface area contributed by atoms with Gasteiger partial charge in [0.15, 0.2) is 0 Å². The van der Waals surface area contributed by atoms with Crippen LogP contribution in [0.3, 0.4) is 0 Å². The van der Waals surface area contributed by atoms with Crippen molar-refractivity contribution in [3.05, 3.63) is 29.3 Å². The minimum atomic E-state index is -3.56. The Morgan fingerprint density at radius 1 is 1.17 bits per heavy atom. The van der Waals surface area contributed by atoms with Gasteiger partial charge in [-0.3, -0.25) is 4.90 Å². The molecule has 0 amide bonds. The average molecular weight is 359 g/mol. The Hall–Kier alpha value is -0.620. The zero-order valence-electron chi connectivity index (χ0n) is 14.3. The summed E-state index contributed by atoms with van der Waals surface area (Å²) in [5.41, 5.74) is -0.543. The van der Waals surface area contributed by atoms with Crippen LogP contribution in [0.15, 0.2) is 29.2 Å². The van der Waals surface area contributed by atoms with Gasteiger partial charge in [-0.2, -0.15) is 0 Å². The third kappa shape index (κ3) is 4.92. The van der Waals surface area contributed by atoms with Gasteiger partial charge in [0.1, 0.15) is 0 Å². The average Bonchev–Trinajstić information content (AvgIpc) is 2.42. The van der Waals surface area contributed by atoms with Gasteiger partial charge >= 0.3 is 0 Å². The van der Waals surface area contributed by atoms with E-state index in [1.54, 1.807) is 12.1 Å². The number of piperidine rings is 1. The van der Waals surface area contributed by atoms with E-state index >= 15 is 0 Å². The molecule has 1 saturated heterocycles. The van der Waals surface area contributed by atoms with Crippen molar-refractivity contribution >= 4 is 21.6 Å². The van der Waals surface area contributed by atoms with Gasteiger partial charge in [-0.25, -0.2) is 13.1 Å². The lowest BCUT2D eigenvalue weighted by Gasteiger charge is -2.43. The molecule has 1 aromatic rings. The zero-order chi connectivity index (χ0) is 17.3. The first-order valence-corrected chi connectivity index (χ1v) is 10.0. The lowest BCUT2D eigenvalue weighted by Crippen LogP contribution is -2.56. The molecule has 0 spiro atoms. The smallest absolute Gasteiger partial charge is 0.241 e. The normalized spacial score (nSPS) is 23.9. The fourth-order valence-corrected chi connectivity index (χ4v) is 4.84. The first-order valence-electron chi connectivity index (χ1n) is 8.16. The molecular formula is C17H27ClN2O2S. The van der Waals surface area contributed by atoms with Gasteiger partial charge in [-0.1, -0.05) is 18.0 Å². The van der Waals surface area contributed by atoms with E-state index in [9.17, 15) is 8.42 Å². The summed E-state index contributed by atoms with van der Waals surface area (Å²) in [6.45, 7) is 9.02. The molecule has 0 bridgehead atoms. The highest BCUT2D eigenvalue weighted by Gasteiger charge is 2.33. The largest absolute Gasteiger partial charge is 0.296 e. The van der Waals surface area contributed by atoms with Crippen molar-refractivity contribution in [1.29, 1.82) is 0 Å². The van der Waals surface area contributed by atoms with Gasteiger partial charge < -0.3 is 0 Å². The molecule has 6 heteroatoms. The summed E-state index contributed by atoms with van der Waals surface area (Å²) >= 11 is 5.83. The molecule has 1 aliphatic rings. The Kier molecular flexibility index (Phi) is 5.77. The fourth-order valence-electron chi connectivity index (χ4n) is 3.31. The second kappa shape index (κ2) is 7.09. The summed E-state index contributed by atoms with van der Waals surface area (Å²) in [5, 5.41) is 0.527. The molecule has 1 aliphatic heterocycles. The van der Waals surface area contributed by atoms with E-state index in [0.29, 0.717) is 23.7 Å².